The Kier molecular flexibility index (Phi) is 4.89. The molecule has 2 atom stereocenters. The number of nitrogens with zero attached hydrogens (tertiary/aromatic N) is 2. The van der Waals surface area contributed by atoms with Gasteiger partial charge in [-0.1, -0.05) is 29.8 Å². The van der Waals surface area contributed by atoms with Gasteiger partial charge in [-0.3, -0.25) is 4.79 Å². The van der Waals surface area contributed by atoms with Crippen LogP contribution >= 0.6 is 0 Å². The van der Waals surface area contributed by atoms with Crippen LogP contribution in [0.2, 0.25) is 0 Å². The molecule has 1 saturated heterocycles. The minimum Gasteiger partial charge on any atom is -0.489 e. The van der Waals surface area contributed by atoms with Crippen LogP contribution < -0.4 is 9.64 Å². The van der Waals surface area contributed by atoms with Gasteiger partial charge in [0.25, 0.3) is 0 Å². The van der Waals surface area contributed by atoms with Gasteiger partial charge in [-0.25, -0.2) is 8.42 Å². The van der Waals surface area contributed by atoms with Crippen molar-refractivity contribution in [2.75, 3.05) is 18.1 Å². The number of hydrogen-bond acceptors (Lipinski definition) is 4. The number of aryl methyl sites for hydroxylation is 1. The lowest BCUT2D eigenvalue weighted by Crippen LogP contribution is -2.53. The number of carbonyl (C=O) groups excluding carboxylic acids is 1. The van der Waals surface area contributed by atoms with Gasteiger partial charge in [0.05, 0.1) is 16.6 Å². The lowest BCUT2D eigenvalue weighted by Gasteiger charge is -2.37. The molecule has 148 valence electrons. The predicted octanol–water partition coefficient (Wildman–Crippen LogP) is 2.96. The summed E-state index contributed by atoms with van der Waals surface area (Å²) in [6.07, 6.45) is 1.19. The maximum absolute atomic E-state index is 13.5. The van der Waals surface area contributed by atoms with Crippen molar-refractivity contribution in [1.29, 1.82) is 0 Å². The average molecular weight is 401 g/mol. The number of para-hydroxylation sites is 2. The molecule has 2 aromatic rings. The van der Waals surface area contributed by atoms with Crippen LogP contribution in [-0.2, 0) is 14.8 Å². The quantitative estimate of drug-likeness (QED) is 0.795. The van der Waals surface area contributed by atoms with E-state index in [0.29, 0.717) is 37.4 Å². The first-order chi connectivity index (χ1) is 13.4. The third-order valence-corrected chi connectivity index (χ3v) is 7.32. The summed E-state index contributed by atoms with van der Waals surface area (Å²) in [4.78, 5) is 15.4. The summed E-state index contributed by atoms with van der Waals surface area (Å²) < 4.78 is 33.5. The smallest absolute Gasteiger partial charge is 0.245 e. The molecular formula is C21H24N2O4S. The number of ether oxygens (including phenoxy) is 1. The largest absolute Gasteiger partial charge is 0.489 e. The first kappa shape index (κ1) is 19.0. The molecule has 0 unspecified atom stereocenters. The van der Waals surface area contributed by atoms with Crippen LogP contribution in [0.3, 0.4) is 0 Å². The van der Waals surface area contributed by atoms with Gasteiger partial charge in [-0.05, 0) is 51.0 Å². The summed E-state index contributed by atoms with van der Waals surface area (Å²) in [6.45, 7) is 4.57. The molecule has 2 aromatic carbocycles. The SMILES string of the molecule is Cc1ccc(S(=O)(=O)N2CCC[C@H]2C(=O)N2c3ccccc3OC[C@H]2C)cc1. The third-order valence-electron chi connectivity index (χ3n) is 5.40. The van der Waals surface area contributed by atoms with E-state index in [0.717, 1.165) is 5.56 Å². The topological polar surface area (TPSA) is 66.9 Å². The molecule has 4 rings (SSSR count). The van der Waals surface area contributed by atoms with E-state index in [-0.39, 0.29) is 16.8 Å². The Morgan fingerprint density at radius 1 is 1.11 bits per heavy atom. The Bertz CT molecular complexity index is 988. The zero-order valence-corrected chi connectivity index (χ0v) is 16.9. The summed E-state index contributed by atoms with van der Waals surface area (Å²) in [5.41, 5.74) is 1.69. The van der Waals surface area contributed by atoms with Gasteiger partial charge in [-0.2, -0.15) is 4.31 Å². The highest BCUT2D eigenvalue weighted by molar-refractivity contribution is 7.89. The molecule has 7 heteroatoms. The summed E-state index contributed by atoms with van der Waals surface area (Å²) in [6, 6.07) is 13.3. The first-order valence-corrected chi connectivity index (χ1v) is 11.0. The number of sulfonamides is 1. The predicted molar refractivity (Wildman–Crippen MR) is 107 cm³/mol. The van der Waals surface area contributed by atoms with E-state index in [2.05, 4.69) is 0 Å². The number of hydrogen-bond donors (Lipinski definition) is 0. The van der Waals surface area contributed by atoms with Crippen molar-refractivity contribution in [2.45, 2.75) is 43.7 Å². The van der Waals surface area contributed by atoms with Crippen LogP contribution in [0.15, 0.2) is 53.4 Å². The van der Waals surface area contributed by atoms with E-state index < -0.39 is 16.1 Å². The molecule has 6 nitrogen and oxygen atoms in total. The highest BCUT2D eigenvalue weighted by Gasteiger charge is 2.43. The summed E-state index contributed by atoms with van der Waals surface area (Å²) in [7, 11) is -3.73. The minimum atomic E-state index is -3.73. The molecule has 0 aliphatic carbocycles. The fourth-order valence-electron chi connectivity index (χ4n) is 3.92. The van der Waals surface area contributed by atoms with E-state index in [1.54, 1.807) is 29.2 Å². The van der Waals surface area contributed by atoms with Gasteiger partial charge in [-0.15, -0.1) is 0 Å². The second-order valence-electron chi connectivity index (χ2n) is 7.42. The molecule has 0 aromatic heterocycles. The van der Waals surface area contributed by atoms with E-state index in [1.807, 2.05) is 38.1 Å². The lowest BCUT2D eigenvalue weighted by atomic mass is 10.1. The van der Waals surface area contributed by atoms with Crippen molar-refractivity contribution in [3.63, 3.8) is 0 Å². The lowest BCUT2D eigenvalue weighted by molar-refractivity contribution is -0.122. The van der Waals surface area contributed by atoms with Crippen LogP contribution in [-0.4, -0.2) is 43.9 Å². The van der Waals surface area contributed by atoms with E-state index in [4.69, 9.17) is 4.74 Å². The van der Waals surface area contributed by atoms with Gasteiger partial charge in [0.1, 0.15) is 18.4 Å². The van der Waals surface area contributed by atoms with Crippen LogP contribution in [0.25, 0.3) is 0 Å². The number of fused-ring (bicyclic) bond motifs is 1. The van der Waals surface area contributed by atoms with E-state index in [9.17, 15) is 13.2 Å². The fourth-order valence-corrected chi connectivity index (χ4v) is 5.57. The van der Waals surface area contributed by atoms with E-state index in [1.165, 1.54) is 4.31 Å². The number of anilines is 1. The number of amides is 1. The van der Waals surface area contributed by atoms with Gasteiger partial charge < -0.3 is 9.64 Å². The fraction of sp³-hybridized carbons (Fsp3) is 0.381. The molecule has 2 aliphatic heterocycles. The highest BCUT2D eigenvalue weighted by Crippen LogP contribution is 2.36. The Morgan fingerprint density at radius 3 is 2.57 bits per heavy atom. The zero-order valence-electron chi connectivity index (χ0n) is 16.0. The molecule has 2 heterocycles. The molecule has 0 spiro atoms. The van der Waals surface area contributed by atoms with Gasteiger partial charge >= 0.3 is 0 Å². The highest BCUT2D eigenvalue weighted by atomic mass is 32.2. The van der Waals surface area contributed by atoms with Crippen LogP contribution in [0, 0.1) is 6.92 Å². The number of benzene rings is 2. The standard InChI is InChI=1S/C21H24N2O4S/c1-15-9-11-17(12-10-15)28(25,26)22-13-5-7-19(22)21(24)23-16(2)14-27-20-8-4-3-6-18(20)23/h3-4,6,8-12,16,19H,5,7,13-14H2,1-2H3/t16-,19+/m1/s1. The maximum Gasteiger partial charge on any atom is 0.245 e. The van der Waals surface area contributed by atoms with Crippen molar-refractivity contribution in [2.24, 2.45) is 0 Å². The van der Waals surface area contributed by atoms with Crippen molar-refractivity contribution in [3.8, 4) is 5.75 Å². The second-order valence-corrected chi connectivity index (χ2v) is 9.31. The van der Waals surface area contributed by atoms with Crippen molar-refractivity contribution < 1.29 is 17.9 Å². The number of rotatable bonds is 3. The Hall–Kier alpha value is -2.38. The second kappa shape index (κ2) is 7.22. The summed E-state index contributed by atoms with van der Waals surface area (Å²) >= 11 is 0. The van der Waals surface area contributed by atoms with Gasteiger partial charge in [0.15, 0.2) is 0 Å². The Morgan fingerprint density at radius 2 is 1.82 bits per heavy atom. The molecular weight excluding hydrogens is 376 g/mol. The average Bonchev–Trinajstić information content (AvgIpc) is 3.18. The number of carbonyl (C=O) groups is 1. The van der Waals surface area contributed by atoms with Crippen molar-refractivity contribution in [3.05, 3.63) is 54.1 Å². The monoisotopic (exact) mass is 400 g/mol. The normalized spacial score (nSPS) is 22.6. The molecule has 0 N–H and O–H groups in total. The third kappa shape index (κ3) is 3.18. The molecule has 0 bridgehead atoms. The molecule has 1 amide bonds. The summed E-state index contributed by atoms with van der Waals surface area (Å²) in [5, 5.41) is 0. The van der Waals surface area contributed by atoms with Gasteiger partial charge in [0.2, 0.25) is 15.9 Å². The van der Waals surface area contributed by atoms with Crippen molar-refractivity contribution >= 4 is 21.6 Å². The molecule has 28 heavy (non-hydrogen) atoms. The molecule has 2 aliphatic rings. The van der Waals surface area contributed by atoms with Crippen LogP contribution in [0.4, 0.5) is 5.69 Å². The molecule has 0 radical (unpaired) electrons. The van der Waals surface area contributed by atoms with Crippen LogP contribution in [0.5, 0.6) is 5.75 Å². The summed E-state index contributed by atoms with van der Waals surface area (Å²) in [5.74, 6) is 0.469. The first-order valence-electron chi connectivity index (χ1n) is 9.53. The Balaban J connectivity index is 1.67. The van der Waals surface area contributed by atoms with Crippen molar-refractivity contribution in [1.82, 2.24) is 4.31 Å². The molecule has 1 fully saturated rings. The molecule has 0 saturated carbocycles. The van der Waals surface area contributed by atoms with Crippen LogP contribution in [0.1, 0.15) is 25.3 Å². The zero-order chi connectivity index (χ0) is 19.9. The Labute approximate surface area is 165 Å². The van der Waals surface area contributed by atoms with Gasteiger partial charge in [0, 0.05) is 6.54 Å². The maximum atomic E-state index is 13.5. The minimum absolute atomic E-state index is 0.160. The van der Waals surface area contributed by atoms with E-state index >= 15 is 0 Å².